The molecule has 86 valence electrons. The number of esters is 1. The first-order valence-electron chi connectivity index (χ1n) is 4.57. The van der Waals surface area contributed by atoms with Crippen LogP contribution in [0.15, 0.2) is 12.3 Å². The SMILES string of the molecule is CCC(=O)Oc1c(OC)ccnc1C(=O)O. The molecule has 0 aromatic carbocycles. The maximum atomic E-state index is 11.1. The molecule has 0 aliphatic carbocycles. The fourth-order valence-electron chi connectivity index (χ4n) is 1.03. The van der Waals surface area contributed by atoms with Gasteiger partial charge in [0, 0.05) is 18.7 Å². The lowest BCUT2D eigenvalue weighted by Gasteiger charge is -2.09. The third-order valence-corrected chi connectivity index (χ3v) is 1.80. The molecule has 0 spiro atoms. The molecule has 0 aliphatic rings. The van der Waals surface area contributed by atoms with E-state index >= 15 is 0 Å². The molecule has 1 rings (SSSR count). The minimum atomic E-state index is -1.28. The molecule has 0 aliphatic heterocycles. The van der Waals surface area contributed by atoms with Crippen LogP contribution >= 0.6 is 0 Å². The van der Waals surface area contributed by atoms with Crippen LogP contribution in [0.25, 0.3) is 0 Å². The number of aromatic nitrogens is 1. The van der Waals surface area contributed by atoms with Crippen LogP contribution in [0.4, 0.5) is 0 Å². The monoisotopic (exact) mass is 225 g/mol. The summed E-state index contributed by atoms with van der Waals surface area (Å²) in [5.41, 5.74) is -0.346. The first-order valence-corrected chi connectivity index (χ1v) is 4.57. The first kappa shape index (κ1) is 12.0. The highest BCUT2D eigenvalue weighted by molar-refractivity contribution is 5.91. The van der Waals surface area contributed by atoms with E-state index < -0.39 is 11.9 Å². The van der Waals surface area contributed by atoms with Crippen LogP contribution in [-0.4, -0.2) is 29.1 Å². The second-order valence-corrected chi connectivity index (χ2v) is 2.82. The number of carbonyl (C=O) groups is 2. The molecular weight excluding hydrogens is 214 g/mol. The van der Waals surface area contributed by atoms with Gasteiger partial charge < -0.3 is 14.6 Å². The zero-order chi connectivity index (χ0) is 12.1. The van der Waals surface area contributed by atoms with Crippen LogP contribution in [0.5, 0.6) is 11.5 Å². The van der Waals surface area contributed by atoms with Crippen molar-refractivity contribution in [1.29, 1.82) is 0 Å². The van der Waals surface area contributed by atoms with Crippen molar-refractivity contribution in [1.82, 2.24) is 4.98 Å². The lowest BCUT2D eigenvalue weighted by molar-refractivity contribution is -0.134. The minimum absolute atomic E-state index is 0.136. The summed E-state index contributed by atoms with van der Waals surface area (Å²) in [6, 6.07) is 1.42. The van der Waals surface area contributed by atoms with Crippen LogP contribution in [0, 0.1) is 0 Å². The maximum Gasteiger partial charge on any atom is 0.358 e. The number of hydrogen-bond acceptors (Lipinski definition) is 5. The molecule has 6 heteroatoms. The van der Waals surface area contributed by atoms with E-state index in [0.717, 1.165) is 0 Å². The maximum absolute atomic E-state index is 11.1. The van der Waals surface area contributed by atoms with E-state index in [1.807, 2.05) is 0 Å². The third-order valence-electron chi connectivity index (χ3n) is 1.80. The van der Waals surface area contributed by atoms with E-state index in [0.29, 0.717) is 0 Å². The molecule has 1 N–H and O–H groups in total. The topological polar surface area (TPSA) is 85.7 Å². The molecule has 0 saturated heterocycles. The van der Waals surface area contributed by atoms with Crippen LogP contribution in [0.1, 0.15) is 23.8 Å². The number of ether oxygens (including phenoxy) is 2. The van der Waals surface area contributed by atoms with Crippen molar-refractivity contribution in [3.05, 3.63) is 18.0 Å². The summed E-state index contributed by atoms with van der Waals surface area (Å²) in [5.74, 6) is -1.83. The van der Waals surface area contributed by atoms with Crippen molar-refractivity contribution < 1.29 is 24.2 Å². The van der Waals surface area contributed by atoms with Gasteiger partial charge in [0.2, 0.25) is 5.75 Å². The van der Waals surface area contributed by atoms with E-state index in [-0.39, 0.29) is 23.6 Å². The Morgan fingerprint density at radius 3 is 2.69 bits per heavy atom. The van der Waals surface area contributed by atoms with E-state index in [1.165, 1.54) is 19.4 Å². The standard InChI is InChI=1S/C10H11NO5/c1-3-7(12)16-9-6(15-2)4-5-11-8(9)10(13)14/h4-5H,3H2,1-2H3,(H,13,14). The highest BCUT2D eigenvalue weighted by Gasteiger charge is 2.20. The van der Waals surface area contributed by atoms with Gasteiger partial charge in [0.1, 0.15) is 0 Å². The summed E-state index contributed by atoms with van der Waals surface area (Å²) in [4.78, 5) is 25.6. The first-order chi connectivity index (χ1) is 7.60. The number of carbonyl (C=O) groups excluding carboxylic acids is 1. The quantitative estimate of drug-likeness (QED) is 0.772. The van der Waals surface area contributed by atoms with Gasteiger partial charge in [0.25, 0.3) is 0 Å². The second-order valence-electron chi connectivity index (χ2n) is 2.82. The summed E-state index contributed by atoms with van der Waals surface area (Å²) in [5, 5.41) is 8.86. The number of hydrogen-bond donors (Lipinski definition) is 1. The fraction of sp³-hybridized carbons (Fsp3) is 0.300. The van der Waals surface area contributed by atoms with Crippen molar-refractivity contribution in [2.45, 2.75) is 13.3 Å². The van der Waals surface area contributed by atoms with E-state index in [4.69, 9.17) is 14.6 Å². The fourth-order valence-corrected chi connectivity index (χ4v) is 1.03. The van der Waals surface area contributed by atoms with Gasteiger partial charge in [-0.1, -0.05) is 6.92 Å². The molecule has 0 saturated carbocycles. The summed E-state index contributed by atoms with van der Waals surface area (Å²) < 4.78 is 9.77. The molecule has 1 aromatic rings. The largest absolute Gasteiger partial charge is 0.493 e. The molecule has 0 radical (unpaired) electrons. The average Bonchev–Trinajstić information content (AvgIpc) is 2.28. The molecule has 1 heterocycles. The molecule has 0 bridgehead atoms. The van der Waals surface area contributed by atoms with Crippen molar-refractivity contribution in [3.8, 4) is 11.5 Å². The Balaban J connectivity index is 3.19. The number of methoxy groups -OCH3 is 1. The van der Waals surface area contributed by atoms with Gasteiger partial charge in [-0.2, -0.15) is 0 Å². The number of nitrogens with zero attached hydrogens (tertiary/aromatic N) is 1. The smallest absolute Gasteiger partial charge is 0.358 e. The second kappa shape index (κ2) is 5.11. The number of rotatable bonds is 4. The molecule has 16 heavy (non-hydrogen) atoms. The lowest BCUT2D eigenvalue weighted by Crippen LogP contribution is -2.12. The van der Waals surface area contributed by atoms with Gasteiger partial charge >= 0.3 is 11.9 Å². The van der Waals surface area contributed by atoms with Gasteiger partial charge in [0.05, 0.1) is 7.11 Å². The summed E-state index contributed by atoms with van der Waals surface area (Å²) in [6.45, 7) is 1.60. The van der Waals surface area contributed by atoms with Crippen molar-refractivity contribution in [2.75, 3.05) is 7.11 Å². The Morgan fingerprint density at radius 1 is 1.50 bits per heavy atom. The van der Waals surface area contributed by atoms with Crippen LogP contribution < -0.4 is 9.47 Å². The zero-order valence-corrected chi connectivity index (χ0v) is 8.89. The molecule has 0 atom stereocenters. The van der Waals surface area contributed by atoms with Gasteiger partial charge in [-0.25, -0.2) is 9.78 Å². The Bertz CT molecular complexity index is 416. The van der Waals surface area contributed by atoms with Crippen LogP contribution in [0.2, 0.25) is 0 Å². The minimum Gasteiger partial charge on any atom is -0.493 e. The molecule has 0 unspecified atom stereocenters. The molecule has 0 fully saturated rings. The Labute approximate surface area is 91.8 Å². The Hall–Kier alpha value is -2.11. The highest BCUT2D eigenvalue weighted by atomic mass is 16.6. The predicted octanol–water partition coefficient (Wildman–Crippen LogP) is 1.10. The molecule has 6 nitrogen and oxygen atoms in total. The zero-order valence-electron chi connectivity index (χ0n) is 8.89. The summed E-state index contributed by atoms with van der Waals surface area (Å²) in [6.07, 6.45) is 1.41. The summed E-state index contributed by atoms with van der Waals surface area (Å²) >= 11 is 0. The Morgan fingerprint density at radius 2 is 2.19 bits per heavy atom. The van der Waals surface area contributed by atoms with Gasteiger partial charge in [-0.05, 0) is 0 Å². The van der Waals surface area contributed by atoms with Gasteiger partial charge in [0.15, 0.2) is 11.4 Å². The number of pyridine rings is 1. The Kier molecular flexibility index (Phi) is 3.82. The molecular formula is C10H11NO5. The average molecular weight is 225 g/mol. The lowest BCUT2D eigenvalue weighted by atomic mass is 10.3. The van der Waals surface area contributed by atoms with Gasteiger partial charge in [-0.15, -0.1) is 0 Å². The van der Waals surface area contributed by atoms with Crippen LogP contribution in [-0.2, 0) is 4.79 Å². The van der Waals surface area contributed by atoms with E-state index in [1.54, 1.807) is 6.92 Å². The molecule has 0 amide bonds. The van der Waals surface area contributed by atoms with Crippen LogP contribution in [0.3, 0.4) is 0 Å². The number of carboxylic acid groups (broad SMARTS) is 1. The number of carboxylic acids is 1. The van der Waals surface area contributed by atoms with E-state index in [2.05, 4.69) is 4.98 Å². The van der Waals surface area contributed by atoms with Crippen molar-refractivity contribution in [3.63, 3.8) is 0 Å². The predicted molar refractivity (Wildman–Crippen MR) is 53.7 cm³/mol. The van der Waals surface area contributed by atoms with Crippen molar-refractivity contribution in [2.24, 2.45) is 0 Å². The molecule has 1 aromatic heterocycles. The van der Waals surface area contributed by atoms with Crippen molar-refractivity contribution >= 4 is 11.9 Å². The highest BCUT2D eigenvalue weighted by Crippen LogP contribution is 2.29. The van der Waals surface area contributed by atoms with E-state index in [9.17, 15) is 9.59 Å². The van der Waals surface area contributed by atoms with Gasteiger partial charge in [-0.3, -0.25) is 4.79 Å². The normalized spacial score (nSPS) is 9.62. The number of aromatic carboxylic acids is 1. The third kappa shape index (κ3) is 2.47. The summed E-state index contributed by atoms with van der Waals surface area (Å²) in [7, 11) is 1.35.